The summed E-state index contributed by atoms with van der Waals surface area (Å²) in [6.45, 7) is 11.0. The van der Waals surface area contributed by atoms with Gasteiger partial charge in [-0.1, -0.05) is 13.8 Å². The van der Waals surface area contributed by atoms with Crippen LogP contribution < -0.4 is 9.47 Å². The van der Waals surface area contributed by atoms with E-state index in [4.69, 9.17) is 9.47 Å². The summed E-state index contributed by atoms with van der Waals surface area (Å²) in [4.78, 5) is 24.8. The van der Waals surface area contributed by atoms with E-state index in [0.717, 1.165) is 35.4 Å². The summed E-state index contributed by atoms with van der Waals surface area (Å²) in [6, 6.07) is 3.79. The van der Waals surface area contributed by atoms with Crippen molar-refractivity contribution in [2.24, 2.45) is 4.58 Å². The molecule has 146 valence electrons. The number of benzene rings is 1. The normalized spacial score (nSPS) is 11.7. The number of hydrogen-bond donors (Lipinski definition) is 0. The van der Waals surface area contributed by atoms with E-state index in [-0.39, 0.29) is 18.3 Å². The summed E-state index contributed by atoms with van der Waals surface area (Å²) in [6.07, 6.45) is 0.0982. The molecule has 0 aromatic heterocycles. The molecule has 0 heterocycles. The first-order valence-electron chi connectivity index (χ1n) is 8.69. The Balaban J connectivity index is 2.94. The predicted octanol–water partition coefficient (Wildman–Crippen LogP) is 4.55. The van der Waals surface area contributed by atoms with Crippen molar-refractivity contribution >= 4 is 17.9 Å². The van der Waals surface area contributed by atoms with Crippen LogP contribution in [-0.2, 0) is 4.79 Å². The molecule has 0 fully saturated rings. The lowest BCUT2D eigenvalue weighted by molar-refractivity contribution is -0.134. The Kier molecular flexibility index (Phi) is 8.56. The topological polar surface area (TPSA) is 68.2 Å². The Labute approximate surface area is 160 Å². The maximum atomic E-state index is 12.3. The zero-order valence-electron chi connectivity index (χ0n) is 16.8. The van der Waals surface area contributed by atoms with Crippen LogP contribution in [0.15, 0.2) is 16.7 Å². The molecule has 0 saturated heterocycles. The number of aryl methyl sites for hydroxylation is 1. The fourth-order valence-electron chi connectivity index (χ4n) is 2.34. The van der Waals surface area contributed by atoms with Gasteiger partial charge in [-0.15, -0.1) is 4.91 Å². The molecule has 0 saturated carbocycles. The highest BCUT2D eigenvalue weighted by molar-refractivity contribution is 7.99. The van der Waals surface area contributed by atoms with E-state index >= 15 is 0 Å². The van der Waals surface area contributed by atoms with Gasteiger partial charge < -0.3 is 14.4 Å². The summed E-state index contributed by atoms with van der Waals surface area (Å²) in [5.41, 5.74) is 1.84. The number of nitrogens with zero attached hydrogens (tertiary/aromatic N) is 2. The molecule has 6 nitrogen and oxygen atoms in total. The number of hydrogen-bond acceptors (Lipinski definition) is 7. The molecular formula is C19H30N2O4S. The molecule has 0 aliphatic carbocycles. The maximum absolute atomic E-state index is 12.3. The van der Waals surface area contributed by atoms with Crippen LogP contribution in [0.4, 0.5) is 0 Å². The van der Waals surface area contributed by atoms with Crippen molar-refractivity contribution in [2.45, 2.75) is 51.7 Å². The molecule has 0 bridgehead atoms. The summed E-state index contributed by atoms with van der Waals surface area (Å²) in [5.74, 6) is 1.19. The van der Waals surface area contributed by atoms with Gasteiger partial charge in [0, 0.05) is 33.4 Å². The van der Waals surface area contributed by atoms with Gasteiger partial charge in [0.25, 0.3) is 0 Å². The van der Waals surface area contributed by atoms with Crippen LogP contribution in [0.1, 0.15) is 51.2 Å². The zero-order chi connectivity index (χ0) is 19.9. The Morgan fingerprint density at radius 3 is 2.46 bits per heavy atom. The molecular weight excluding hydrogens is 352 g/mol. The molecule has 0 spiro atoms. The maximum Gasteiger partial charge on any atom is 0.312 e. The van der Waals surface area contributed by atoms with Crippen molar-refractivity contribution in [2.75, 3.05) is 27.2 Å². The molecule has 26 heavy (non-hydrogen) atoms. The van der Waals surface area contributed by atoms with Crippen molar-refractivity contribution in [3.63, 3.8) is 0 Å². The fourth-order valence-corrected chi connectivity index (χ4v) is 2.73. The Bertz CT molecular complexity index is 630. The van der Waals surface area contributed by atoms with Gasteiger partial charge >= 0.3 is 5.97 Å². The molecule has 7 heteroatoms. The van der Waals surface area contributed by atoms with E-state index in [0.29, 0.717) is 12.4 Å². The van der Waals surface area contributed by atoms with Gasteiger partial charge in [0.1, 0.15) is 18.1 Å². The summed E-state index contributed by atoms with van der Waals surface area (Å²) >= 11 is 0.843. The number of carbonyl (C=O) groups excluding carboxylic acids is 1. The van der Waals surface area contributed by atoms with Crippen molar-refractivity contribution < 1.29 is 14.3 Å². The number of likely N-dealkylation sites (N-methyl/N-ethyl adjacent to an activating group) is 1. The highest BCUT2D eigenvalue weighted by Crippen LogP contribution is 2.35. The molecule has 0 aliphatic rings. The second kappa shape index (κ2) is 9.92. The van der Waals surface area contributed by atoms with Crippen LogP contribution in [-0.4, -0.2) is 42.9 Å². The molecule has 1 rings (SSSR count). The first kappa shape index (κ1) is 22.4. The monoisotopic (exact) mass is 382 g/mol. The highest BCUT2D eigenvalue weighted by Gasteiger charge is 2.26. The van der Waals surface area contributed by atoms with Crippen LogP contribution in [0.2, 0.25) is 0 Å². The summed E-state index contributed by atoms with van der Waals surface area (Å²) in [5, 5.41) is 0. The van der Waals surface area contributed by atoms with Crippen molar-refractivity contribution in [1.82, 2.24) is 4.90 Å². The Morgan fingerprint density at radius 1 is 1.27 bits per heavy atom. The number of esters is 1. The van der Waals surface area contributed by atoms with Crippen molar-refractivity contribution in [3.8, 4) is 11.5 Å². The molecule has 1 aromatic rings. The molecule has 0 atom stereocenters. The number of ether oxygens (including phenoxy) is 2. The smallest absolute Gasteiger partial charge is 0.312 e. The minimum atomic E-state index is -0.594. The van der Waals surface area contributed by atoms with E-state index in [1.807, 2.05) is 33.2 Å². The van der Waals surface area contributed by atoms with Crippen molar-refractivity contribution in [3.05, 3.63) is 28.2 Å². The average molecular weight is 383 g/mol. The quantitative estimate of drug-likeness (QED) is 0.256. The van der Waals surface area contributed by atoms with Gasteiger partial charge in [-0.05, 0) is 58.5 Å². The molecule has 0 radical (unpaired) electrons. The molecule has 0 unspecified atom stereocenters. The van der Waals surface area contributed by atoms with Gasteiger partial charge in [0.05, 0.1) is 6.42 Å². The van der Waals surface area contributed by atoms with E-state index in [1.54, 1.807) is 13.8 Å². The predicted molar refractivity (Wildman–Crippen MR) is 107 cm³/mol. The minimum absolute atomic E-state index is 0.0982. The fraction of sp³-hybridized carbons (Fsp3) is 0.632. The molecule has 0 N–H and O–H groups in total. The number of carbonyl (C=O) groups is 1. The second-order valence-corrected chi connectivity index (χ2v) is 8.98. The van der Waals surface area contributed by atoms with Crippen LogP contribution in [0.3, 0.4) is 0 Å². The van der Waals surface area contributed by atoms with Crippen LogP contribution in [0.5, 0.6) is 11.5 Å². The average Bonchev–Trinajstić information content (AvgIpc) is 2.48. The van der Waals surface area contributed by atoms with Gasteiger partial charge in [-0.3, -0.25) is 4.79 Å². The molecule has 0 amide bonds. The third-order valence-corrected chi connectivity index (χ3v) is 4.52. The van der Waals surface area contributed by atoms with Gasteiger partial charge in [-0.2, -0.15) is 0 Å². The third-order valence-electron chi connectivity index (χ3n) is 3.80. The van der Waals surface area contributed by atoms with E-state index in [1.165, 1.54) is 0 Å². The number of rotatable bonds is 10. The van der Waals surface area contributed by atoms with E-state index in [9.17, 15) is 9.70 Å². The lowest BCUT2D eigenvalue weighted by Gasteiger charge is -2.20. The van der Waals surface area contributed by atoms with Crippen LogP contribution in [0, 0.1) is 11.8 Å². The lowest BCUT2D eigenvalue weighted by Crippen LogP contribution is -2.23. The Morgan fingerprint density at radius 2 is 1.92 bits per heavy atom. The van der Waals surface area contributed by atoms with Gasteiger partial charge in [0.2, 0.25) is 0 Å². The van der Waals surface area contributed by atoms with Crippen molar-refractivity contribution in [1.29, 1.82) is 0 Å². The first-order valence-corrected chi connectivity index (χ1v) is 9.46. The largest absolute Gasteiger partial charge is 0.492 e. The van der Waals surface area contributed by atoms with Gasteiger partial charge in [0.15, 0.2) is 0 Å². The second-order valence-electron chi connectivity index (χ2n) is 7.54. The van der Waals surface area contributed by atoms with Crippen LogP contribution >= 0.6 is 11.9 Å². The minimum Gasteiger partial charge on any atom is -0.492 e. The Hall–Kier alpha value is -1.60. The SMILES string of the molecule is Cc1cc(OCCN(C)C)c(C(C)C)cc1OC(=O)CC(C)(C)SN=O. The van der Waals surface area contributed by atoms with Crippen LogP contribution in [0.25, 0.3) is 0 Å². The number of nitroso groups, excluding NO2 is 1. The van der Waals surface area contributed by atoms with E-state index in [2.05, 4.69) is 23.3 Å². The summed E-state index contributed by atoms with van der Waals surface area (Å²) in [7, 11) is 4.00. The highest BCUT2D eigenvalue weighted by atomic mass is 32.2. The first-order chi connectivity index (χ1) is 12.1. The molecule has 0 aliphatic heterocycles. The third kappa shape index (κ3) is 7.33. The van der Waals surface area contributed by atoms with E-state index < -0.39 is 4.75 Å². The summed E-state index contributed by atoms with van der Waals surface area (Å²) < 4.78 is 13.7. The van der Waals surface area contributed by atoms with Gasteiger partial charge in [-0.25, -0.2) is 0 Å². The standard InChI is InChI=1S/C19H30N2O4S/c1-13(2)15-11-16(25-18(22)12-19(4,5)26-20-23)14(3)10-17(15)24-9-8-21(6)7/h10-11,13H,8-9,12H2,1-7H3. The molecule has 1 aromatic carbocycles. The zero-order valence-corrected chi connectivity index (χ0v) is 17.6. The lowest BCUT2D eigenvalue weighted by atomic mass is 9.99.